The predicted octanol–water partition coefficient (Wildman–Crippen LogP) is 5.59. The van der Waals surface area contributed by atoms with E-state index in [-0.39, 0.29) is 11.7 Å². The van der Waals surface area contributed by atoms with E-state index in [4.69, 9.17) is 13.9 Å². The SMILES string of the molecule is CCC(=O)c1ccc(O[C@H](C)C(=O)Nc2cc3oc4ccccc4c3cc2OC)cc1. The maximum atomic E-state index is 12.7. The number of hydrogen-bond donors (Lipinski definition) is 1. The number of hydrogen-bond acceptors (Lipinski definition) is 5. The molecule has 0 radical (unpaired) electrons. The van der Waals surface area contributed by atoms with E-state index in [1.807, 2.05) is 37.3 Å². The maximum absolute atomic E-state index is 12.7. The number of nitrogens with one attached hydrogen (secondary N) is 1. The van der Waals surface area contributed by atoms with Crippen LogP contribution in [0.2, 0.25) is 0 Å². The van der Waals surface area contributed by atoms with Gasteiger partial charge in [-0.3, -0.25) is 9.59 Å². The number of carbonyl (C=O) groups is 2. The average molecular weight is 417 g/mol. The minimum atomic E-state index is -0.760. The molecule has 4 rings (SSSR count). The highest BCUT2D eigenvalue weighted by Gasteiger charge is 2.19. The van der Waals surface area contributed by atoms with Gasteiger partial charge in [-0.25, -0.2) is 0 Å². The van der Waals surface area contributed by atoms with E-state index < -0.39 is 6.10 Å². The molecule has 6 heteroatoms. The molecule has 0 aliphatic rings. The standard InChI is InChI=1S/C25H23NO5/c1-4-21(27)16-9-11-17(12-10-16)30-15(2)25(28)26-20-14-23-19(13-24(20)29-3)18-7-5-6-8-22(18)31-23/h5-15H,4H2,1-3H3,(H,26,28)/t15-/m1/s1. The summed E-state index contributed by atoms with van der Waals surface area (Å²) in [5.41, 5.74) is 2.54. The topological polar surface area (TPSA) is 77.8 Å². The molecule has 1 N–H and O–H groups in total. The maximum Gasteiger partial charge on any atom is 0.265 e. The number of ketones is 1. The molecular weight excluding hydrogens is 394 g/mol. The Labute approximate surface area is 179 Å². The van der Waals surface area contributed by atoms with Crippen molar-refractivity contribution < 1.29 is 23.5 Å². The van der Waals surface area contributed by atoms with E-state index in [1.54, 1.807) is 44.4 Å². The summed E-state index contributed by atoms with van der Waals surface area (Å²) >= 11 is 0. The molecular formula is C25H23NO5. The van der Waals surface area contributed by atoms with E-state index in [0.29, 0.717) is 34.8 Å². The first-order chi connectivity index (χ1) is 15.0. The lowest BCUT2D eigenvalue weighted by Gasteiger charge is -2.16. The fourth-order valence-electron chi connectivity index (χ4n) is 3.43. The number of benzene rings is 3. The van der Waals surface area contributed by atoms with E-state index in [1.165, 1.54) is 0 Å². The molecule has 0 spiro atoms. The number of anilines is 1. The van der Waals surface area contributed by atoms with E-state index in [0.717, 1.165) is 16.4 Å². The predicted molar refractivity (Wildman–Crippen MR) is 120 cm³/mol. The van der Waals surface area contributed by atoms with Crippen LogP contribution in [-0.4, -0.2) is 24.9 Å². The molecule has 31 heavy (non-hydrogen) atoms. The van der Waals surface area contributed by atoms with Crippen LogP contribution in [0.1, 0.15) is 30.6 Å². The first kappa shape index (κ1) is 20.5. The molecule has 0 unspecified atom stereocenters. The van der Waals surface area contributed by atoms with Crippen molar-refractivity contribution in [1.29, 1.82) is 0 Å². The average Bonchev–Trinajstić information content (AvgIpc) is 3.15. The Morgan fingerprint density at radius 3 is 2.45 bits per heavy atom. The van der Waals surface area contributed by atoms with Crippen LogP contribution < -0.4 is 14.8 Å². The normalized spacial score (nSPS) is 12.0. The number of amides is 1. The van der Waals surface area contributed by atoms with Crippen LogP contribution in [-0.2, 0) is 4.79 Å². The second-order valence-corrected chi connectivity index (χ2v) is 7.20. The molecule has 0 fully saturated rings. The van der Waals surface area contributed by atoms with E-state index in [9.17, 15) is 9.59 Å². The number of rotatable bonds is 7. The quantitative estimate of drug-likeness (QED) is 0.397. The largest absolute Gasteiger partial charge is 0.495 e. The van der Waals surface area contributed by atoms with Crippen molar-refractivity contribution in [2.45, 2.75) is 26.4 Å². The van der Waals surface area contributed by atoms with Gasteiger partial charge >= 0.3 is 0 Å². The monoisotopic (exact) mass is 417 g/mol. The molecule has 6 nitrogen and oxygen atoms in total. The zero-order valence-corrected chi connectivity index (χ0v) is 17.6. The van der Waals surface area contributed by atoms with Crippen molar-refractivity contribution >= 4 is 39.3 Å². The lowest BCUT2D eigenvalue weighted by Crippen LogP contribution is -2.30. The summed E-state index contributed by atoms with van der Waals surface area (Å²) in [6.07, 6.45) is -0.319. The van der Waals surface area contributed by atoms with Crippen LogP contribution in [0.25, 0.3) is 21.9 Å². The fourth-order valence-corrected chi connectivity index (χ4v) is 3.43. The Kier molecular flexibility index (Phi) is 5.62. The van der Waals surface area contributed by atoms with Gasteiger partial charge in [0.15, 0.2) is 11.9 Å². The first-order valence-corrected chi connectivity index (χ1v) is 10.1. The Morgan fingerprint density at radius 2 is 1.74 bits per heavy atom. The van der Waals surface area contributed by atoms with Crippen LogP contribution in [0.3, 0.4) is 0 Å². The number of methoxy groups -OCH3 is 1. The van der Waals surface area contributed by atoms with Crippen LogP contribution >= 0.6 is 0 Å². The summed E-state index contributed by atoms with van der Waals surface area (Å²) in [7, 11) is 1.55. The molecule has 1 aromatic heterocycles. The molecule has 0 aliphatic heterocycles. The zero-order chi connectivity index (χ0) is 22.0. The lowest BCUT2D eigenvalue weighted by molar-refractivity contribution is -0.122. The fraction of sp³-hybridized carbons (Fsp3) is 0.200. The Bertz CT molecular complexity index is 1260. The van der Waals surface area contributed by atoms with Gasteiger partial charge in [0.05, 0.1) is 12.8 Å². The molecule has 1 heterocycles. The van der Waals surface area contributed by atoms with Gasteiger partial charge in [0.1, 0.15) is 22.7 Å². The minimum absolute atomic E-state index is 0.0606. The highest BCUT2D eigenvalue weighted by molar-refractivity contribution is 6.08. The van der Waals surface area contributed by atoms with Gasteiger partial charge in [-0.15, -0.1) is 0 Å². The van der Waals surface area contributed by atoms with Gasteiger partial charge in [-0.05, 0) is 43.3 Å². The molecule has 0 bridgehead atoms. The van der Waals surface area contributed by atoms with Crippen LogP contribution in [0.4, 0.5) is 5.69 Å². The van der Waals surface area contributed by atoms with Gasteiger partial charge in [0, 0.05) is 28.8 Å². The van der Waals surface area contributed by atoms with Gasteiger partial charge in [-0.1, -0.05) is 25.1 Å². The van der Waals surface area contributed by atoms with Crippen molar-refractivity contribution in [1.82, 2.24) is 0 Å². The number of furan rings is 1. The van der Waals surface area contributed by atoms with Crippen molar-refractivity contribution in [3.05, 3.63) is 66.2 Å². The zero-order valence-electron chi connectivity index (χ0n) is 17.6. The molecule has 158 valence electrons. The number of para-hydroxylation sites is 1. The van der Waals surface area contributed by atoms with Crippen molar-refractivity contribution in [3.63, 3.8) is 0 Å². The van der Waals surface area contributed by atoms with E-state index in [2.05, 4.69) is 5.32 Å². The summed E-state index contributed by atoms with van der Waals surface area (Å²) < 4.78 is 17.1. The summed E-state index contributed by atoms with van der Waals surface area (Å²) in [5.74, 6) is 0.768. The molecule has 0 saturated carbocycles. The molecule has 3 aromatic carbocycles. The summed E-state index contributed by atoms with van der Waals surface area (Å²) in [4.78, 5) is 24.5. The first-order valence-electron chi connectivity index (χ1n) is 10.1. The number of fused-ring (bicyclic) bond motifs is 3. The second-order valence-electron chi connectivity index (χ2n) is 7.20. The van der Waals surface area contributed by atoms with Gasteiger partial charge < -0.3 is 19.2 Å². The van der Waals surface area contributed by atoms with Gasteiger partial charge in [0.25, 0.3) is 5.91 Å². The highest BCUT2D eigenvalue weighted by Crippen LogP contribution is 2.36. The van der Waals surface area contributed by atoms with Crippen molar-refractivity contribution in [3.8, 4) is 11.5 Å². The number of Topliss-reactive ketones (excluding diaryl/α,β-unsaturated/α-hetero) is 1. The highest BCUT2D eigenvalue weighted by atomic mass is 16.5. The second kappa shape index (κ2) is 8.52. The van der Waals surface area contributed by atoms with Crippen molar-refractivity contribution in [2.24, 2.45) is 0 Å². The third-order valence-electron chi connectivity index (χ3n) is 5.14. The summed E-state index contributed by atoms with van der Waals surface area (Å²) in [5, 5.41) is 4.75. The van der Waals surface area contributed by atoms with Gasteiger partial charge in [0.2, 0.25) is 0 Å². The lowest BCUT2D eigenvalue weighted by atomic mass is 10.1. The van der Waals surface area contributed by atoms with Crippen molar-refractivity contribution in [2.75, 3.05) is 12.4 Å². The molecule has 1 atom stereocenters. The number of ether oxygens (including phenoxy) is 2. The van der Waals surface area contributed by atoms with Crippen LogP contribution in [0.15, 0.2) is 65.1 Å². The summed E-state index contributed by atoms with van der Waals surface area (Å²) in [6, 6.07) is 18.1. The third kappa shape index (κ3) is 4.10. The van der Waals surface area contributed by atoms with E-state index >= 15 is 0 Å². The smallest absolute Gasteiger partial charge is 0.265 e. The molecule has 1 amide bonds. The van der Waals surface area contributed by atoms with Gasteiger partial charge in [-0.2, -0.15) is 0 Å². The molecule has 0 aliphatic carbocycles. The Hall–Kier alpha value is -3.80. The summed E-state index contributed by atoms with van der Waals surface area (Å²) in [6.45, 7) is 3.47. The Balaban J connectivity index is 1.53. The third-order valence-corrected chi connectivity index (χ3v) is 5.14. The van der Waals surface area contributed by atoms with Crippen LogP contribution in [0, 0.1) is 0 Å². The van der Waals surface area contributed by atoms with Crippen LogP contribution in [0.5, 0.6) is 11.5 Å². The number of carbonyl (C=O) groups excluding carboxylic acids is 2. The molecule has 4 aromatic rings. The minimum Gasteiger partial charge on any atom is -0.495 e. The molecule has 0 saturated heterocycles. The Morgan fingerprint density at radius 1 is 1.00 bits per heavy atom.